The van der Waals surface area contributed by atoms with Crippen LogP contribution in [0.5, 0.6) is 5.75 Å². The van der Waals surface area contributed by atoms with Gasteiger partial charge in [0.1, 0.15) is 18.2 Å². The molecule has 1 N–H and O–H groups in total. The van der Waals surface area contributed by atoms with Crippen molar-refractivity contribution in [3.05, 3.63) is 59.2 Å². The van der Waals surface area contributed by atoms with Crippen LogP contribution < -0.4 is 4.74 Å². The third-order valence-corrected chi connectivity index (χ3v) is 5.52. The molecule has 0 saturated carbocycles. The Morgan fingerprint density at radius 1 is 1.07 bits per heavy atom. The molecule has 6 heteroatoms. The summed E-state index contributed by atoms with van der Waals surface area (Å²) in [5.41, 5.74) is 2.08. The highest BCUT2D eigenvalue weighted by Crippen LogP contribution is 2.36. The lowest BCUT2D eigenvalue weighted by Crippen LogP contribution is -2.07. The lowest BCUT2D eigenvalue weighted by atomic mass is 10.0. The number of rotatable bonds is 7. The van der Waals surface area contributed by atoms with Crippen molar-refractivity contribution < 1.29 is 9.47 Å². The summed E-state index contributed by atoms with van der Waals surface area (Å²) in [5, 5.41) is 2.24. The van der Waals surface area contributed by atoms with Crippen molar-refractivity contribution in [2.24, 2.45) is 0 Å². The van der Waals surface area contributed by atoms with E-state index in [9.17, 15) is 0 Å². The number of aromatic amines is 1. The van der Waals surface area contributed by atoms with Crippen molar-refractivity contribution in [3.63, 3.8) is 0 Å². The first kappa shape index (κ1) is 18.0. The van der Waals surface area contributed by atoms with Crippen LogP contribution in [0.4, 0.5) is 0 Å². The van der Waals surface area contributed by atoms with E-state index in [0.29, 0.717) is 19.8 Å². The molecule has 138 valence electrons. The van der Waals surface area contributed by atoms with Crippen LogP contribution in [-0.2, 0) is 4.74 Å². The van der Waals surface area contributed by atoms with E-state index in [1.54, 1.807) is 17.5 Å². The minimum Gasteiger partial charge on any atom is -0.490 e. The van der Waals surface area contributed by atoms with Gasteiger partial charge < -0.3 is 14.5 Å². The molecular weight excluding hydrogens is 380 g/mol. The summed E-state index contributed by atoms with van der Waals surface area (Å²) in [7, 11) is 0. The van der Waals surface area contributed by atoms with Gasteiger partial charge in [0.05, 0.1) is 16.5 Å². The highest BCUT2D eigenvalue weighted by atomic mass is 35.5. The molecule has 4 rings (SSSR count). The predicted molar refractivity (Wildman–Crippen MR) is 112 cm³/mol. The molecule has 0 aliphatic carbocycles. The highest BCUT2D eigenvalue weighted by Gasteiger charge is 2.12. The van der Waals surface area contributed by atoms with Gasteiger partial charge in [0.25, 0.3) is 0 Å². The van der Waals surface area contributed by atoms with Crippen molar-refractivity contribution in [3.8, 4) is 27.6 Å². The van der Waals surface area contributed by atoms with E-state index in [4.69, 9.17) is 21.1 Å². The standard InChI is InChI=1S/C21H19ClN2O2S/c1-2-25-9-10-26-18-13-14-3-4-15(19-5-6-20(22)27-19)11-16(14)12-17(18)21-23-7-8-24-21/h3-8,11-13H,2,9-10H2,1H3,(H,23,24). The summed E-state index contributed by atoms with van der Waals surface area (Å²) in [4.78, 5) is 8.72. The molecule has 0 radical (unpaired) electrons. The van der Waals surface area contributed by atoms with Crippen LogP contribution in [0.3, 0.4) is 0 Å². The SMILES string of the molecule is CCOCCOc1cc2ccc(-c3ccc(Cl)s3)cc2cc1-c1ncc[nH]1. The van der Waals surface area contributed by atoms with Crippen LogP contribution in [0.1, 0.15) is 6.92 Å². The van der Waals surface area contributed by atoms with Crippen LogP contribution in [0.25, 0.3) is 32.6 Å². The Labute approximate surface area is 166 Å². The maximum atomic E-state index is 6.09. The minimum absolute atomic E-state index is 0.499. The van der Waals surface area contributed by atoms with Gasteiger partial charge in [-0.3, -0.25) is 0 Å². The zero-order valence-corrected chi connectivity index (χ0v) is 16.4. The van der Waals surface area contributed by atoms with Crippen LogP contribution in [-0.4, -0.2) is 29.8 Å². The van der Waals surface area contributed by atoms with Crippen LogP contribution in [0, 0.1) is 0 Å². The molecule has 27 heavy (non-hydrogen) atoms. The van der Waals surface area contributed by atoms with Gasteiger partial charge in [0.2, 0.25) is 0 Å². The van der Waals surface area contributed by atoms with Gasteiger partial charge in [-0.2, -0.15) is 0 Å². The Morgan fingerprint density at radius 2 is 2.00 bits per heavy atom. The normalized spacial score (nSPS) is 11.2. The van der Waals surface area contributed by atoms with Gasteiger partial charge in [-0.25, -0.2) is 4.98 Å². The molecule has 0 bridgehead atoms. The maximum Gasteiger partial charge on any atom is 0.141 e. The second kappa shape index (κ2) is 8.13. The Kier molecular flexibility index (Phi) is 5.43. The van der Waals surface area contributed by atoms with Crippen molar-refractivity contribution >= 4 is 33.7 Å². The second-order valence-corrected chi connectivity index (χ2v) is 7.71. The number of H-pyrrole nitrogens is 1. The molecule has 2 aromatic carbocycles. The van der Waals surface area contributed by atoms with Gasteiger partial charge in [-0.15, -0.1) is 11.3 Å². The molecule has 0 aliphatic heterocycles. The number of aromatic nitrogens is 2. The third kappa shape index (κ3) is 4.00. The fourth-order valence-corrected chi connectivity index (χ4v) is 4.01. The summed E-state index contributed by atoms with van der Waals surface area (Å²) in [6.45, 7) is 3.72. The molecule has 4 aromatic rings. The number of halogens is 1. The number of ether oxygens (including phenoxy) is 2. The summed E-state index contributed by atoms with van der Waals surface area (Å²) >= 11 is 7.67. The van der Waals surface area contributed by atoms with Gasteiger partial charge >= 0.3 is 0 Å². The third-order valence-electron chi connectivity index (χ3n) is 4.24. The van der Waals surface area contributed by atoms with E-state index >= 15 is 0 Å². The van der Waals surface area contributed by atoms with Crippen molar-refractivity contribution in [2.45, 2.75) is 6.92 Å². The topological polar surface area (TPSA) is 47.1 Å². The Bertz CT molecular complexity index is 1040. The maximum absolute atomic E-state index is 6.09. The minimum atomic E-state index is 0.499. The quantitative estimate of drug-likeness (QED) is 0.387. The van der Waals surface area contributed by atoms with Gasteiger partial charge in [-0.05, 0) is 53.6 Å². The van der Waals surface area contributed by atoms with E-state index in [1.807, 2.05) is 25.3 Å². The lowest BCUT2D eigenvalue weighted by Gasteiger charge is -2.13. The average Bonchev–Trinajstić information content (AvgIpc) is 3.36. The number of imidazole rings is 1. The number of benzene rings is 2. The largest absolute Gasteiger partial charge is 0.490 e. The van der Waals surface area contributed by atoms with Crippen LogP contribution in [0.15, 0.2) is 54.9 Å². The van der Waals surface area contributed by atoms with Crippen molar-refractivity contribution in [2.75, 3.05) is 19.8 Å². The van der Waals surface area contributed by atoms with E-state index in [-0.39, 0.29) is 0 Å². The van der Waals surface area contributed by atoms with Crippen LogP contribution >= 0.6 is 22.9 Å². The van der Waals surface area contributed by atoms with E-state index < -0.39 is 0 Å². The molecule has 4 nitrogen and oxygen atoms in total. The van der Waals surface area contributed by atoms with E-state index in [1.165, 1.54) is 0 Å². The molecule has 0 saturated heterocycles. The molecule has 0 amide bonds. The second-order valence-electron chi connectivity index (χ2n) is 6.00. The number of thiophene rings is 1. The molecule has 0 aliphatic rings. The summed E-state index contributed by atoms with van der Waals surface area (Å²) in [6.07, 6.45) is 3.56. The Hall–Kier alpha value is -2.34. The van der Waals surface area contributed by atoms with Gasteiger partial charge in [-0.1, -0.05) is 23.7 Å². The van der Waals surface area contributed by atoms with Crippen molar-refractivity contribution in [1.82, 2.24) is 9.97 Å². The highest BCUT2D eigenvalue weighted by molar-refractivity contribution is 7.19. The average molecular weight is 399 g/mol. The Morgan fingerprint density at radius 3 is 2.74 bits per heavy atom. The number of hydrogen-bond donors (Lipinski definition) is 1. The molecule has 0 unspecified atom stereocenters. The number of nitrogens with one attached hydrogen (secondary N) is 1. The first-order valence-electron chi connectivity index (χ1n) is 8.78. The van der Waals surface area contributed by atoms with Gasteiger partial charge in [0.15, 0.2) is 0 Å². The first-order valence-corrected chi connectivity index (χ1v) is 9.98. The van der Waals surface area contributed by atoms with E-state index in [2.05, 4.69) is 40.3 Å². The van der Waals surface area contributed by atoms with Crippen molar-refractivity contribution in [1.29, 1.82) is 0 Å². The summed E-state index contributed by atoms with van der Waals surface area (Å²) in [5.74, 6) is 1.58. The summed E-state index contributed by atoms with van der Waals surface area (Å²) < 4.78 is 12.2. The fourth-order valence-electron chi connectivity index (χ4n) is 2.97. The number of nitrogens with zero attached hydrogens (tertiary/aromatic N) is 1. The zero-order valence-electron chi connectivity index (χ0n) is 14.9. The molecular formula is C21H19ClN2O2S. The monoisotopic (exact) mass is 398 g/mol. The molecule has 0 atom stereocenters. The predicted octanol–water partition coefficient (Wildman–Crippen LogP) is 6.03. The number of fused-ring (bicyclic) bond motifs is 1. The zero-order chi connectivity index (χ0) is 18.6. The van der Waals surface area contributed by atoms with E-state index in [0.717, 1.165) is 42.7 Å². The van der Waals surface area contributed by atoms with Gasteiger partial charge in [0, 0.05) is 23.9 Å². The first-order chi connectivity index (χ1) is 13.2. The molecule has 0 spiro atoms. The smallest absolute Gasteiger partial charge is 0.141 e. The number of hydrogen-bond acceptors (Lipinski definition) is 4. The lowest BCUT2D eigenvalue weighted by molar-refractivity contribution is 0.110. The Balaban J connectivity index is 1.74. The summed E-state index contributed by atoms with van der Waals surface area (Å²) in [6, 6.07) is 14.5. The molecule has 2 heterocycles. The molecule has 0 fully saturated rings. The van der Waals surface area contributed by atoms with Crippen LogP contribution in [0.2, 0.25) is 4.34 Å². The fraction of sp³-hybridized carbons (Fsp3) is 0.190. The molecule has 2 aromatic heterocycles.